The Morgan fingerprint density at radius 2 is 2.12 bits per heavy atom. The Balaban J connectivity index is 2.13. The number of alkyl halides is 3. The molecule has 0 spiro atoms. The molecular weight excluding hydrogens is 361 g/mol. The van der Waals surface area contributed by atoms with Crippen molar-refractivity contribution in [3.8, 4) is 5.75 Å². The van der Waals surface area contributed by atoms with Gasteiger partial charge in [-0.25, -0.2) is 0 Å². The predicted octanol–water partition coefficient (Wildman–Crippen LogP) is 2.20. The summed E-state index contributed by atoms with van der Waals surface area (Å²) in [7, 11) is 1.46. The molecule has 138 valence electrons. The Kier molecular flexibility index (Phi) is 6.54. The van der Waals surface area contributed by atoms with Crippen molar-refractivity contribution < 1.29 is 32.2 Å². The van der Waals surface area contributed by atoms with Crippen LogP contribution in [0.1, 0.15) is 5.56 Å². The first kappa shape index (κ1) is 19.4. The number of methoxy groups -OCH3 is 1. The maximum atomic E-state index is 12.9. The lowest BCUT2D eigenvalue weighted by atomic mass is 10.1. The summed E-state index contributed by atoms with van der Waals surface area (Å²) in [6, 6.07) is 2.82. The molecule has 1 aromatic rings. The highest BCUT2D eigenvalue weighted by atomic mass is 32.2. The summed E-state index contributed by atoms with van der Waals surface area (Å²) >= 11 is 1.37. The SMILES string of the molecule is COCCOc1ccc(C(F)(F)F)cc1NC(=O)CN1CSCC1=O. The van der Waals surface area contributed by atoms with Crippen molar-refractivity contribution in [1.82, 2.24) is 4.90 Å². The highest BCUT2D eigenvalue weighted by Crippen LogP contribution is 2.35. The topological polar surface area (TPSA) is 67.9 Å². The molecule has 1 fully saturated rings. The molecule has 0 bridgehead atoms. The normalized spacial score (nSPS) is 14.7. The van der Waals surface area contributed by atoms with Crippen molar-refractivity contribution in [3.63, 3.8) is 0 Å². The van der Waals surface area contributed by atoms with Crippen LogP contribution in [0, 0.1) is 0 Å². The van der Waals surface area contributed by atoms with E-state index in [-0.39, 0.29) is 37.1 Å². The second-order valence-electron chi connectivity index (χ2n) is 5.17. The lowest BCUT2D eigenvalue weighted by molar-refractivity contribution is -0.137. The van der Waals surface area contributed by atoms with Crippen molar-refractivity contribution in [1.29, 1.82) is 0 Å². The van der Waals surface area contributed by atoms with Gasteiger partial charge in [0.1, 0.15) is 18.9 Å². The number of ether oxygens (including phenoxy) is 2. The van der Waals surface area contributed by atoms with E-state index in [4.69, 9.17) is 9.47 Å². The number of rotatable bonds is 7. The molecule has 0 aliphatic carbocycles. The van der Waals surface area contributed by atoms with Crippen LogP contribution in [0.25, 0.3) is 0 Å². The van der Waals surface area contributed by atoms with Crippen LogP contribution in [0.4, 0.5) is 18.9 Å². The van der Waals surface area contributed by atoms with E-state index in [0.717, 1.165) is 18.2 Å². The molecule has 0 aromatic heterocycles. The second kappa shape index (κ2) is 8.43. The van der Waals surface area contributed by atoms with Gasteiger partial charge in [0.2, 0.25) is 11.8 Å². The average Bonchev–Trinajstić information content (AvgIpc) is 2.93. The number of anilines is 1. The number of amides is 2. The molecule has 2 amide bonds. The third kappa shape index (κ3) is 5.53. The van der Waals surface area contributed by atoms with Gasteiger partial charge in [0.25, 0.3) is 0 Å². The molecule has 1 heterocycles. The van der Waals surface area contributed by atoms with Gasteiger partial charge in [-0.2, -0.15) is 13.2 Å². The summed E-state index contributed by atoms with van der Waals surface area (Å²) in [5.74, 6) is 0.00176. The smallest absolute Gasteiger partial charge is 0.416 e. The molecule has 1 aliphatic heterocycles. The van der Waals surface area contributed by atoms with E-state index in [2.05, 4.69) is 5.32 Å². The molecule has 1 N–H and O–H groups in total. The minimum Gasteiger partial charge on any atom is -0.489 e. The average molecular weight is 378 g/mol. The van der Waals surface area contributed by atoms with Crippen LogP contribution in [-0.2, 0) is 20.5 Å². The van der Waals surface area contributed by atoms with E-state index in [1.807, 2.05) is 0 Å². The maximum absolute atomic E-state index is 12.9. The van der Waals surface area contributed by atoms with E-state index in [1.54, 1.807) is 0 Å². The molecule has 25 heavy (non-hydrogen) atoms. The number of hydrogen-bond donors (Lipinski definition) is 1. The van der Waals surface area contributed by atoms with Gasteiger partial charge in [-0.1, -0.05) is 0 Å². The third-order valence-corrected chi connectivity index (χ3v) is 4.23. The first-order valence-corrected chi connectivity index (χ1v) is 8.45. The summed E-state index contributed by atoms with van der Waals surface area (Å²) in [6.07, 6.45) is -4.55. The maximum Gasteiger partial charge on any atom is 0.416 e. The molecule has 6 nitrogen and oxygen atoms in total. The minimum absolute atomic E-state index is 0.0977. The Morgan fingerprint density at radius 3 is 2.72 bits per heavy atom. The van der Waals surface area contributed by atoms with Gasteiger partial charge in [0.15, 0.2) is 0 Å². The molecule has 1 aliphatic rings. The fraction of sp³-hybridized carbons (Fsp3) is 0.467. The van der Waals surface area contributed by atoms with Crippen LogP contribution < -0.4 is 10.1 Å². The van der Waals surface area contributed by atoms with Crippen LogP contribution in [-0.4, -0.2) is 55.2 Å². The van der Waals surface area contributed by atoms with Crippen LogP contribution >= 0.6 is 11.8 Å². The van der Waals surface area contributed by atoms with Crippen LogP contribution in [0.2, 0.25) is 0 Å². The molecule has 0 saturated carbocycles. The molecule has 0 unspecified atom stereocenters. The lowest BCUT2D eigenvalue weighted by Gasteiger charge is -2.17. The summed E-state index contributed by atoms with van der Waals surface area (Å²) in [5, 5.41) is 2.39. The van der Waals surface area contributed by atoms with Crippen molar-refractivity contribution in [2.45, 2.75) is 6.18 Å². The largest absolute Gasteiger partial charge is 0.489 e. The van der Waals surface area contributed by atoms with Crippen molar-refractivity contribution >= 4 is 29.3 Å². The molecule has 1 aromatic carbocycles. The highest BCUT2D eigenvalue weighted by molar-refractivity contribution is 8.00. The number of carbonyl (C=O) groups excluding carboxylic acids is 2. The Labute approximate surface area is 146 Å². The lowest BCUT2D eigenvalue weighted by Crippen LogP contribution is -2.34. The number of hydrogen-bond acceptors (Lipinski definition) is 5. The zero-order valence-corrected chi connectivity index (χ0v) is 14.2. The molecule has 10 heteroatoms. The van der Waals surface area contributed by atoms with Gasteiger partial charge >= 0.3 is 6.18 Å². The third-order valence-electron chi connectivity index (χ3n) is 3.29. The van der Waals surface area contributed by atoms with Gasteiger partial charge in [0, 0.05) is 7.11 Å². The number of benzene rings is 1. The van der Waals surface area contributed by atoms with Crippen molar-refractivity contribution in [3.05, 3.63) is 23.8 Å². The molecule has 0 radical (unpaired) electrons. The zero-order chi connectivity index (χ0) is 18.4. The second-order valence-corrected chi connectivity index (χ2v) is 6.12. The van der Waals surface area contributed by atoms with Gasteiger partial charge in [-0.3, -0.25) is 9.59 Å². The number of nitrogens with one attached hydrogen (secondary N) is 1. The van der Waals surface area contributed by atoms with E-state index in [0.29, 0.717) is 11.6 Å². The number of halogens is 3. The summed E-state index contributed by atoms with van der Waals surface area (Å²) in [6.45, 7) is 0.138. The zero-order valence-electron chi connectivity index (χ0n) is 13.4. The Hall–Kier alpha value is -1.94. The van der Waals surface area contributed by atoms with E-state index < -0.39 is 17.6 Å². The molecule has 0 atom stereocenters. The first-order valence-electron chi connectivity index (χ1n) is 7.29. The van der Waals surface area contributed by atoms with Gasteiger partial charge < -0.3 is 19.7 Å². The summed E-state index contributed by atoms with van der Waals surface area (Å²) < 4.78 is 48.8. The predicted molar refractivity (Wildman–Crippen MR) is 86.5 cm³/mol. The van der Waals surface area contributed by atoms with Gasteiger partial charge in [-0.15, -0.1) is 11.8 Å². The summed E-state index contributed by atoms with van der Waals surface area (Å²) in [4.78, 5) is 24.9. The van der Waals surface area contributed by atoms with Crippen LogP contribution in [0.3, 0.4) is 0 Å². The number of thioether (sulfide) groups is 1. The Bertz CT molecular complexity index is 640. The minimum atomic E-state index is -4.55. The van der Waals surface area contributed by atoms with Crippen molar-refractivity contribution in [2.75, 3.05) is 43.8 Å². The van der Waals surface area contributed by atoms with Crippen LogP contribution in [0.15, 0.2) is 18.2 Å². The fourth-order valence-corrected chi connectivity index (χ4v) is 2.97. The highest BCUT2D eigenvalue weighted by Gasteiger charge is 2.31. The first-order chi connectivity index (χ1) is 11.8. The molecular formula is C15H17F3N2O4S. The summed E-state index contributed by atoms with van der Waals surface area (Å²) in [5.41, 5.74) is -1.01. The van der Waals surface area contributed by atoms with E-state index in [9.17, 15) is 22.8 Å². The quantitative estimate of drug-likeness (QED) is 0.737. The monoisotopic (exact) mass is 378 g/mol. The van der Waals surface area contributed by atoms with E-state index >= 15 is 0 Å². The standard InChI is InChI=1S/C15H17F3N2O4S/c1-23-4-5-24-12-3-2-10(15(16,17)18)6-11(12)19-13(21)7-20-9-25-8-14(20)22/h2-3,6H,4-5,7-9H2,1H3,(H,19,21). The number of nitrogens with zero attached hydrogens (tertiary/aromatic N) is 1. The van der Waals surface area contributed by atoms with Crippen LogP contribution in [0.5, 0.6) is 5.75 Å². The Morgan fingerprint density at radius 1 is 1.36 bits per heavy atom. The van der Waals surface area contributed by atoms with Gasteiger partial charge in [0.05, 0.1) is 29.5 Å². The van der Waals surface area contributed by atoms with Gasteiger partial charge in [-0.05, 0) is 18.2 Å². The van der Waals surface area contributed by atoms with Crippen molar-refractivity contribution in [2.24, 2.45) is 0 Å². The molecule has 2 rings (SSSR count). The number of carbonyl (C=O) groups is 2. The fourth-order valence-electron chi connectivity index (χ4n) is 2.07. The molecule has 1 saturated heterocycles. The van der Waals surface area contributed by atoms with E-state index in [1.165, 1.54) is 23.8 Å².